The van der Waals surface area contributed by atoms with Crippen LogP contribution >= 0.6 is 0 Å². The molecule has 0 aromatic heterocycles. The van der Waals surface area contributed by atoms with E-state index >= 15 is 0 Å². The Labute approximate surface area is 169 Å². The fourth-order valence-electron chi connectivity index (χ4n) is 3.42. The molecule has 4 unspecified atom stereocenters. The summed E-state index contributed by atoms with van der Waals surface area (Å²) in [6.07, 6.45) is -10.5. The number of hydrogen-bond donors (Lipinski definition) is 7. The molecule has 0 bridgehead atoms. The molecule has 10 atom stereocenters. The van der Waals surface area contributed by atoms with Crippen LogP contribution in [0.5, 0.6) is 0 Å². The van der Waals surface area contributed by atoms with Gasteiger partial charge in [0.2, 0.25) is 0 Å². The number of rotatable bonds is 10. The number of unbranched alkanes of at least 4 members (excludes halogenated alkanes) is 3. The first-order valence-corrected chi connectivity index (χ1v) is 10.1. The van der Waals surface area contributed by atoms with Crippen molar-refractivity contribution < 1.29 is 54.7 Å². The van der Waals surface area contributed by atoms with Crippen molar-refractivity contribution in [2.75, 3.05) is 19.8 Å². The van der Waals surface area contributed by atoms with Gasteiger partial charge in [-0.1, -0.05) is 26.2 Å². The van der Waals surface area contributed by atoms with Crippen molar-refractivity contribution in [3.63, 3.8) is 0 Å². The maximum atomic E-state index is 10.5. The Balaban J connectivity index is 1.98. The monoisotopic (exact) mass is 426 g/mol. The average molecular weight is 426 g/mol. The summed E-state index contributed by atoms with van der Waals surface area (Å²) in [7, 11) is 0. The highest BCUT2D eigenvalue weighted by atomic mass is 16.7. The fraction of sp³-hybridized carbons (Fsp3) is 1.00. The van der Waals surface area contributed by atoms with Crippen molar-refractivity contribution in [3.05, 3.63) is 0 Å². The third kappa shape index (κ3) is 6.05. The Morgan fingerprint density at radius 1 is 0.690 bits per heavy atom. The second-order valence-corrected chi connectivity index (χ2v) is 7.44. The minimum Gasteiger partial charge on any atom is -0.394 e. The van der Waals surface area contributed by atoms with Crippen LogP contribution in [0.15, 0.2) is 0 Å². The Hall–Kier alpha value is -0.440. The van der Waals surface area contributed by atoms with E-state index in [1.807, 2.05) is 0 Å². The highest BCUT2D eigenvalue weighted by Crippen LogP contribution is 2.29. The molecule has 29 heavy (non-hydrogen) atoms. The van der Waals surface area contributed by atoms with Crippen molar-refractivity contribution >= 4 is 0 Å². The zero-order valence-electron chi connectivity index (χ0n) is 16.5. The number of ether oxygens (including phenoxy) is 4. The summed E-state index contributed by atoms with van der Waals surface area (Å²) in [4.78, 5) is 0. The molecule has 172 valence electrons. The maximum Gasteiger partial charge on any atom is 0.187 e. The van der Waals surface area contributed by atoms with Crippen molar-refractivity contribution in [1.29, 1.82) is 0 Å². The van der Waals surface area contributed by atoms with Gasteiger partial charge >= 0.3 is 0 Å². The lowest BCUT2D eigenvalue weighted by Gasteiger charge is -2.45. The van der Waals surface area contributed by atoms with Crippen LogP contribution in [0.2, 0.25) is 0 Å². The maximum absolute atomic E-state index is 10.5. The Kier molecular flexibility index (Phi) is 10.1. The zero-order chi connectivity index (χ0) is 21.6. The summed E-state index contributed by atoms with van der Waals surface area (Å²) < 4.78 is 21.7. The summed E-state index contributed by atoms with van der Waals surface area (Å²) in [5, 5.41) is 69.4. The van der Waals surface area contributed by atoms with Gasteiger partial charge in [0.25, 0.3) is 0 Å². The smallest absolute Gasteiger partial charge is 0.187 e. The van der Waals surface area contributed by atoms with Gasteiger partial charge in [0.1, 0.15) is 48.8 Å². The number of hydrogen-bond acceptors (Lipinski definition) is 11. The van der Waals surface area contributed by atoms with Gasteiger partial charge in [-0.25, -0.2) is 0 Å². The van der Waals surface area contributed by atoms with E-state index in [4.69, 9.17) is 18.9 Å². The molecule has 0 aromatic carbocycles. The normalized spacial score (nSPS) is 43.4. The van der Waals surface area contributed by atoms with Gasteiger partial charge in [0.15, 0.2) is 12.6 Å². The largest absolute Gasteiger partial charge is 0.394 e. The minimum absolute atomic E-state index is 0.310. The standard InChI is InChI=1S/C18H34O11/c1-2-3-4-5-6-26-17-15(25)13(23)16(10(8-20)28-17)29-18-14(24)12(22)11(21)9(7-19)27-18/h9-25H,2-8H2,1H3/t9?,10?,11-,12-,13+,14?,15?,16+,17+,18-/m0/s1. The van der Waals surface area contributed by atoms with Crippen LogP contribution in [-0.4, -0.2) is 117 Å². The Morgan fingerprint density at radius 2 is 1.31 bits per heavy atom. The quantitative estimate of drug-likeness (QED) is 0.180. The van der Waals surface area contributed by atoms with Gasteiger partial charge in [0.05, 0.1) is 13.2 Å². The van der Waals surface area contributed by atoms with Crippen LogP contribution in [0.3, 0.4) is 0 Å². The molecular formula is C18H34O11. The lowest BCUT2D eigenvalue weighted by Crippen LogP contribution is -2.64. The van der Waals surface area contributed by atoms with Crippen LogP contribution in [0.1, 0.15) is 32.6 Å². The molecule has 2 aliphatic rings. The molecule has 0 aromatic rings. The van der Waals surface area contributed by atoms with E-state index < -0.39 is 74.6 Å². The molecule has 0 amide bonds. The lowest BCUT2D eigenvalue weighted by molar-refractivity contribution is -0.359. The second kappa shape index (κ2) is 11.8. The molecule has 0 radical (unpaired) electrons. The van der Waals surface area contributed by atoms with Gasteiger partial charge in [-0.15, -0.1) is 0 Å². The second-order valence-electron chi connectivity index (χ2n) is 7.44. The molecule has 7 N–H and O–H groups in total. The van der Waals surface area contributed by atoms with E-state index in [0.717, 1.165) is 25.7 Å². The van der Waals surface area contributed by atoms with E-state index in [0.29, 0.717) is 6.61 Å². The molecule has 0 aliphatic carbocycles. The van der Waals surface area contributed by atoms with Crippen molar-refractivity contribution in [2.45, 2.75) is 94.0 Å². The van der Waals surface area contributed by atoms with Gasteiger partial charge < -0.3 is 54.7 Å². The lowest BCUT2D eigenvalue weighted by atomic mass is 9.97. The molecule has 0 spiro atoms. The van der Waals surface area contributed by atoms with Gasteiger partial charge in [-0.2, -0.15) is 0 Å². The molecule has 2 saturated heterocycles. The van der Waals surface area contributed by atoms with E-state index in [2.05, 4.69) is 6.92 Å². The predicted octanol–water partition coefficient (Wildman–Crippen LogP) is -2.79. The van der Waals surface area contributed by atoms with Crippen LogP contribution in [-0.2, 0) is 18.9 Å². The molecule has 11 heteroatoms. The number of aliphatic hydroxyl groups excluding tert-OH is 7. The Bertz CT molecular complexity index is 463. The van der Waals surface area contributed by atoms with Crippen LogP contribution in [0.4, 0.5) is 0 Å². The summed E-state index contributed by atoms with van der Waals surface area (Å²) in [6.45, 7) is 1.16. The highest BCUT2D eigenvalue weighted by Gasteiger charge is 2.50. The predicted molar refractivity (Wildman–Crippen MR) is 96.5 cm³/mol. The van der Waals surface area contributed by atoms with E-state index in [1.54, 1.807) is 0 Å². The third-order valence-electron chi connectivity index (χ3n) is 5.24. The van der Waals surface area contributed by atoms with E-state index in [-0.39, 0.29) is 0 Å². The average Bonchev–Trinajstić information content (AvgIpc) is 2.72. The summed E-state index contributed by atoms with van der Waals surface area (Å²) in [5.41, 5.74) is 0. The molecule has 2 heterocycles. The fourth-order valence-corrected chi connectivity index (χ4v) is 3.42. The topological polar surface area (TPSA) is 179 Å². The van der Waals surface area contributed by atoms with Crippen LogP contribution in [0, 0.1) is 0 Å². The van der Waals surface area contributed by atoms with E-state index in [9.17, 15) is 35.7 Å². The molecule has 2 aliphatic heterocycles. The Morgan fingerprint density at radius 3 is 1.93 bits per heavy atom. The highest BCUT2D eigenvalue weighted by molar-refractivity contribution is 4.94. The third-order valence-corrected chi connectivity index (χ3v) is 5.24. The van der Waals surface area contributed by atoms with Gasteiger partial charge in [-0.05, 0) is 6.42 Å². The van der Waals surface area contributed by atoms with Crippen molar-refractivity contribution in [3.8, 4) is 0 Å². The van der Waals surface area contributed by atoms with Crippen molar-refractivity contribution in [1.82, 2.24) is 0 Å². The first-order valence-electron chi connectivity index (χ1n) is 10.1. The van der Waals surface area contributed by atoms with Gasteiger partial charge in [0, 0.05) is 6.61 Å². The molecule has 0 saturated carbocycles. The van der Waals surface area contributed by atoms with E-state index in [1.165, 1.54) is 0 Å². The first-order chi connectivity index (χ1) is 13.8. The summed E-state index contributed by atoms with van der Waals surface area (Å²) in [5.74, 6) is 0. The van der Waals surface area contributed by atoms with Gasteiger partial charge in [-0.3, -0.25) is 0 Å². The number of aliphatic hydroxyl groups is 7. The SMILES string of the molecule is CCCCCCO[C@@H]1OC(CO)[C@@H](O[C@@H]2OC(CO)[C@H](O)[C@H](O)C2O)[C@H](O)C1O. The molecule has 2 fully saturated rings. The van der Waals surface area contributed by atoms with Crippen LogP contribution in [0.25, 0.3) is 0 Å². The van der Waals surface area contributed by atoms with Crippen molar-refractivity contribution in [2.24, 2.45) is 0 Å². The summed E-state index contributed by atoms with van der Waals surface area (Å²) >= 11 is 0. The molecule has 2 rings (SSSR count). The first kappa shape index (κ1) is 24.8. The molecule has 11 nitrogen and oxygen atoms in total. The molecular weight excluding hydrogens is 392 g/mol. The minimum atomic E-state index is -1.69. The zero-order valence-corrected chi connectivity index (χ0v) is 16.5. The van der Waals surface area contributed by atoms with Crippen LogP contribution < -0.4 is 0 Å². The summed E-state index contributed by atoms with van der Waals surface area (Å²) in [6, 6.07) is 0.